The van der Waals surface area contributed by atoms with Gasteiger partial charge in [-0.2, -0.15) is 0 Å². The van der Waals surface area contributed by atoms with Crippen LogP contribution in [0.5, 0.6) is 0 Å². The van der Waals surface area contributed by atoms with Gasteiger partial charge < -0.3 is 13.6 Å². The van der Waals surface area contributed by atoms with Crippen molar-refractivity contribution in [2.75, 3.05) is 0 Å². The maximum atomic E-state index is 12.4. The van der Waals surface area contributed by atoms with Crippen LogP contribution in [0.15, 0.2) is 57.6 Å². The quantitative estimate of drug-likeness (QED) is 0.459. The average molecular weight is 376 g/mol. The molecule has 0 bridgehead atoms. The number of ether oxygens (including phenoxy) is 1. The van der Waals surface area contributed by atoms with Gasteiger partial charge in [0, 0.05) is 16.5 Å². The highest BCUT2D eigenvalue weighted by Crippen LogP contribution is 2.26. The first-order chi connectivity index (χ1) is 13.5. The summed E-state index contributed by atoms with van der Waals surface area (Å²) in [5, 5.41) is 8.96. The molecule has 28 heavy (non-hydrogen) atoms. The summed E-state index contributed by atoms with van der Waals surface area (Å²) in [7, 11) is 0. The molecule has 0 aliphatic heterocycles. The van der Waals surface area contributed by atoms with Gasteiger partial charge in [0.15, 0.2) is 6.10 Å². The summed E-state index contributed by atoms with van der Waals surface area (Å²) in [5.41, 5.74) is 4.68. The Labute approximate surface area is 162 Å². The van der Waals surface area contributed by atoms with Crippen molar-refractivity contribution in [2.45, 2.75) is 33.3 Å². The molecule has 1 atom stereocenters. The van der Waals surface area contributed by atoms with Crippen LogP contribution in [0.25, 0.3) is 22.4 Å². The summed E-state index contributed by atoms with van der Waals surface area (Å²) >= 11 is 0. The molecule has 0 unspecified atom stereocenters. The van der Waals surface area contributed by atoms with Crippen molar-refractivity contribution < 1.29 is 18.4 Å². The van der Waals surface area contributed by atoms with Gasteiger partial charge >= 0.3 is 5.97 Å². The molecule has 142 valence electrons. The number of esters is 1. The fourth-order valence-electron chi connectivity index (χ4n) is 3.01. The van der Waals surface area contributed by atoms with Gasteiger partial charge in [-0.3, -0.25) is 4.79 Å². The number of nitrogens with zero attached hydrogens (tertiary/aromatic N) is 2. The molecule has 6 heteroatoms. The molecule has 2 aromatic heterocycles. The van der Waals surface area contributed by atoms with Crippen LogP contribution in [0.2, 0.25) is 0 Å². The van der Waals surface area contributed by atoms with Crippen molar-refractivity contribution >= 4 is 16.9 Å². The van der Waals surface area contributed by atoms with Crippen LogP contribution in [-0.2, 0) is 16.0 Å². The molecule has 0 N–H and O–H groups in total. The molecular weight excluding hydrogens is 356 g/mol. The normalized spacial score (nSPS) is 12.2. The zero-order valence-electron chi connectivity index (χ0n) is 15.9. The summed E-state index contributed by atoms with van der Waals surface area (Å²) in [6.45, 7) is 5.77. The van der Waals surface area contributed by atoms with Gasteiger partial charge in [0.2, 0.25) is 5.89 Å². The molecule has 0 aliphatic carbocycles. The first-order valence-corrected chi connectivity index (χ1v) is 9.07. The fourth-order valence-corrected chi connectivity index (χ4v) is 3.01. The van der Waals surface area contributed by atoms with E-state index in [9.17, 15) is 4.79 Å². The molecule has 0 spiro atoms. The Morgan fingerprint density at radius 1 is 1.11 bits per heavy atom. The van der Waals surface area contributed by atoms with E-state index in [0.29, 0.717) is 5.89 Å². The molecule has 4 aromatic rings. The molecule has 2 aromatic carbocycles. The van der Waals surface area contributed by atoms with E-state index in [2.05, 4.69) is 10.2 Å². The largest absolute Gasteiger partial charge is 0.464 e. The third-order valence-corrected chi connectivity index (χ3v) is 4.72. The first kappa shape index (κ1) is 18.0. The Hall–Kier alpha value is -3.41. The van der Waals surface area contributed by atoms with Crippen LogP contribution in [-0.4, -0.2) is 16.2 Å². The van der Waals surface area contributed by atoms with Crippen molar-refractivity contribution in [3.63, 3.8) is 0 Å². The van der Waals surface area contributed by atoms with Crippen molar-refractivity contribution in [3.05, 3.63) is 71.3 Å². The van der Waals surface area contributed by atoms with Crippen LogP contribution < -0.4 is 0 Å². The van der Waals surface area contributed by atoms with Gasteiger partial charge in [-0.1, -0.05) is 18.2 Å². The van der Waals surface area contributed by atoms with E-state index in [1.54, 1.807) is 13.2 Å². The highest BCUT2D eigenvalue weighted by Gasteiger charge is 2.20. The lowest BCUT2D eigenvalue weighted by atomic mass is 10.0. The minimum Gasteiger partial charge on any atom is -0.464 e. The summed E-state index contributed by atoms with van der Waals surface area (Å²) in [5.74, 6) is 0.272. The second-order valence-electron chi connectivity index (χ2n) is 6.81. The zero-order valence-corrected chi connectivity index (χ0v) is 15.9. The van der Waals surface area contributed by atoms with Gasteiger partial charge in [0.25, 0.3) is 5.89 Å². The number of hydrogen-bond acceptors (Lipinski definition) is 6. The maximum Gasteiger partial charge on any atom is 0.311 e. The lowest BCUT2D eigenvalue weighted by Crippen LogP contribution is -2.11. The van der Waals surface area contributed by atoms with Crippen LogP contribution >= 0.6 is 0 Å². The molecule has 0 saturated carbocycles. The van der Waals surface area contributed by atoms with E-state index >= 15 is 0 Å². The Morgan fingerprint density at radius 2 is 1.86 bits per heavy atom. The number of aryl methyl sites for hydroxylation is 2. The van der Waals surface area contributed by atoms with Crippen molar-refractivity contribution in [1.82, 2.24) is 10.2 Å². The highest BCUT2D eigenvalue weighted by molar-refractivity contribution is 5.86. The van der Waals surface area contributed by atoms with Gasteiger partial charge in [0.05, 0.1) is 12.7 Å². The average Bonchev–Trinajstić information content (AvgIpc) is 3.31. The predicted octanol–water partition coefficient (Wildman–Crippen LogP) is 4.95. The van der Waals surface area contributed by atoms with Crippen molar-refractivity contribution in [3.8, 4) is 11.5 Å². The Morgan fingerprint density at radius 3 is 2.64 bits per heavy atom. The Balaban J connectivity index is 1.45. The molecule has 0 radical (unpaired) electrons. The van der Waals surface area contributed by atoms with Gasteiger partial charge in [0.1, 0.15) is 5.58 Å². The summed E-state index contributed by atoms with van der Waals surface area (Å²) in [6, 6.07) is 13.5. The number of rotatable bonds is 5. The molecule has 6 nitrogen and oxygen atoms in total. The van der Waals surface area contributed by atoms with Gasteiger partial charge in [-0.15, -0.1) is 10.2 Å². The van der Waals surface area contributed by atoms with E-state index in [-0.39, 0.29) is 18.3 Å². The monoisotopic (exact) mass is 376 g/mol. The Kier molecular flexibility index (Phi) is 4.69. The minimum absolute atomic E-state index is 0.111. The van der Waals surface area contributed by atoms with Crippen LogP contribution in [0.3, 0.4) is 0 Å². The van der Waals surface area contributed by atoms with Crippen LogP contribution in [0.4, 0.5) is 0 Å². The number of carbonyl (C=O) groups is 1. The number of furan rings is 1. The van der Waals surface area contributed by atoms with Gasteiger partial charge in [-0.25, -0.2) is 0 Å². The second kappa shape index (κ2) is 7.31. The van der Waals surface area contributed by atoms with E-state index in [4.69, 9.17) is 13.6 Å². The van der Waals surface area contributed by atoms with Gasteiger partial charge in [-0.05, 0) is 56.2 Å². The molecule has 0 saturated heterocycles. The third-order valence-electron chi connectivity index (χ3n) is 4.72. The number of benzene rings is 2. The topological polar surface area (TPSA) is 78.4 Å². The van der Waals surface area contributed by atoms with E-state index in [1.807, 2.05) is 56.3 Å². The third kappa shape index (κ3) is 3.53. The summed E-state index contributed by atoms with van der Waals surface area (Å²) < 4.78 is 16.7. The zero-order chi connectivity index (χ0) is 19.7. The molecular formula is C22H20N2O4. The SMILES string of the molecule is Cc1cc2occ(CC(=O)O[C@H](C)c3nnc(-c4ccccc4)o3)c2cc1C. The van der Waals surface area contributed by atoms with Crippen LogP contribution in [0, 0.1) is 13.8 Å². The lowest BCUT2D eigenvalue weighted by Gasteiger charge is -2.09. The van der Waals surface area contributed by atoms with E-state index in [1.165, 1.54) is 0 Å². The molecule has 0 aliphatic rings. The molecule has 0 amide bonds. The van der Waals surface area contributed by atoms with E-state index in [0.717, 1.165) is 33.2 Å². The predicted molar refractivity (Wildman–Crippen MR) is 104 cm³/mol. The number of hydrogen-bond donors (Lipinski definition) is 0. The molecule has 4 rings (SSSR count). The number of fused-ring (bicyclic) bond motifs is 1. The lowest BCUT2D eigenvalue weighted by molar-refractivity contribution is -0.148. The number of carbonyl (C=O) groups excluding carboxylic acids is 1. The standard InChI is InChI=1S/C22H20N2O4/c1-13-9-18-17(12-26-19(18)10-14(13)2)11-20(25)27-15(3)21-23-24-22(28-21)16-7-5-4-6-8-16/h4-10,12,15H,11H2,1-3H3/t15-/m1/s1. The van der Waals surface area contributed by atoms with Crippen molar-refractivity contribution in [2.24, 2.45) is 0 Å². The highest BCUT2D eigenvalue weighted by atomic mass is 16.6. The molecule has 0 fully saturated rings. The molecule has 2 heterocycles. The van der Waals surface area contributed by atoms with Crippen molar-refractivity contribution in [1.29, 1.82) is 0 Å². The smallest absolute Gasteiger partial charge is 0.311 e. The van der Waals surface area contributed by atoms with Crippen LogP contribution in [0.1, 0.15) is 35.6 Å². The summed E-state index contributed by atoms with van der Waals surface area (Å²) in [4.78, 5) is 12.4. The minimum atomic E-state index is -0.639. The van der Waals surface area contributed by atoms with E-state index < -0.39 is 6.10 Å². The Bertz CT molecular complexity index is 1130. The first-order valence-electron chi connectivity index (χ1n) is 9.07. The fraction of sp³-hybridized carbons (Fsp3) is 0.227. The second-order valence-corrected chi connectivity index (χ2v) is 6.81. The summed E-state index contributed by atoms with van der Waals surface area (Å²) in [6.07, 6.45) is 1.08. The maximum absolute atomic E-state index is 12.4. The number of aromatic nitrogens is 2.